The van der Waals surface area contributed by atoms with Gasteiger partial charge in [0.1, 0.15) is 5.75 Å². The first-order chi connectivity index (χ1) is 14.0. The number of rotatable bonds is 10. The van der Waals surface area contributed by atoms with E-state index in [0.717, 1.165) is 11.1 Å². The van der Waals surface area contributed by atoms with Crippen molar-refractivity contribution in [2.24, 2.45) is 0 Å². The van der Waals surface area contributed by atoms with Crippen LogP contribution in [-0.2, 0) is 20.9 Å². The fourth-order valence-electron chi connectivity index (χ4n) is 2.53. The molecule has 1 N–H and O–H groups in total. The summed E-state index contributed by atoms with van der Waals surface area (Å²) in [5.74, 6) is 0.954. The predicted octanol–water partition coefficient (Wildman–Crippen LogP) is 2.26. The second kappa shape index (κ2) is 10.8. The zero-order valence-corrected chi connectivity index (χ0v) is 16.9. The maximum absolute atomic E-state index is 12.0. The lowest BCUT2D eigenvalue weighted by Crippen LogP contribution is -2.29. The topological polar surface area (TPSA) is 92.3 Å². The van der Waals surface area contributed by atoms with Crippen LogP contribution in [0.25, 0.3) is 0 Å². The van der Waals surface area contributed by atoms with Gasteiger partial charge >= 0.3 is 5.97 Å². The number of methoxy groups -OCH3 is 3. The highest BCUT2D eigenvalue weighted by Crippen LogP contribution is 2.38. The molecule has 2 aromatic rings. The first kappa shape index (κ1) is 21.9. The van der Waals surface area contributed by atoms with Crippen LogP contribution in [0.1, 0.15) is 11.1 Å². The van der Waals surface area contributed by atoms with E-state index in [1.54, 1.807) is 18.2 Å². The molecule has 0 aromatic heterocycles. The van der Waals surface area contributed by atoms with Gasteiger partial charge in [0.25, 0.3) is 5.91 Å². The number of benzene rings is 2. The maximum Gasteiger partial charge on any atom is 0.344 e. The second-order valence-electron chi connectivity index (χ2n) is 6.03. The minimum atomic E-state index is -0.629. The van der Waals surface area contributed by atoms with E-state index < -0.39 is 18.5 Å². The molecular weight excluding hydrogens is 378 g/mol. The lowest BCUT2D eigenvalue weighted by Gasteiger charge is -2.14. The first-order valence-corrected chi connectivity index (χ1v) is 8.88. The van der Waals surface area contributed by atoms with Crippen LogP contribution in [0.3, 0.4) is 0 Å². The number of hydrogen-bond acceptors (Lipinski definition) is 7. The Morgan fingerprint density at radius 3 is 2.14 bits per heavy atom. The Bertz CT molecular complexity index is 826. The van der Waals surface area contributed by atoms with E-state index in [2.05, 4.69) is 5.32 Å². The van der Waals surface area contributed by atoms with E-state index in [4.69, 9.17) is 23.7 Å². The van der Waals surface area contributed by atoms with Crippen molar-refractivity contribution in [3.05, 3.63) is 47.5 Å². The fourth-order valence-corrected chi connectivity index (χ4v) is 2.53. The highest BCUT2D eigenvalue weighted by Gasteiger charge is 2.14. The number of carbonyl (C=O) groups is 2. The summed E-state index contributed by atoms with van der Waals surface area (Å²) in [6.45, 7) is 1.40. The molecule has 2 aromatic carbocycles. The van der Waals surface area contributed by atoms with Crippen molar-refractivity contribution in [1.82, 2.24) is 5.32 Å². The number of para-hydroxylation sites is 1. The summed E-state index contributed by atoms with van der Waals surface area (Å²) < 4.78 is 26.1. The minimum Gasteiger partial charge on any atom is -0.493 e. The molecular formula is C21H25NO7. The summed E-state index contributed by atoms with van der Waals surface area (Å²) in [6.07, 6.45) is 0. The number of hydrogen-bond donors (Lipinski definition) is 1. The molecule has 0 aliphatic heterocycles. The van der Waals surface area contributed by atoms with Gasteiger partial charge in [-0.3, -0.25) is 4.79 Å². The molecule has 156 valence electrons. The molecule has 0 radical (unpaired) electrons. The number of esters is 1. The highest BCUT2D eigenvalue weighted by molar-refractivity contribution is 5.81. The van der Waals surface area contributed by atoms with Crippen LogP contribution in [0.5, 0.6) is 23.0 Å². The monoisotopic (exact) mass is 403 g/mol. The van der Waals surface area contributed by atoms with E-state index in [9.17, 15) is 9.59 Å². The Labute approximate surface area is 169 Å². The van der Waals surface area contributed by atoms with Crippen LogP contribution in [0.4, 0.5) is 0 Å². The van der Waals surface area contributed by atoms with Crippen LogP contribution < -0.4 is 24.3 Å². The molecule has 0 spiro atoms. The summed E-state index contributed by atoms with van der Waals surface area (Å²) >= 11 is 0. The Balaban J connectivity index is 1.81. The second-order valence-corrected chi connectivity index (χ2v) is 6.03. The Morgan fingerprint density at radius 2 is 1.55 bits per heavy atom. The molecule has 8 heteroatoms. The third-order valence-corrected chi connectivity index (χ3v) is 4.02. The molecule has 0 aliphatic rings. The SMILES string of the molecule is COc1cc(CNC(=O)COC(=O)COc2ccccc2C)cc(OC)c1OC. The van der Waals surface area contributed by atoms with Gasteiger partial charge in [-0.05, 0) is 36.2 Å². The number of nitrogens with one attached hydrogen (secondary N) is 1. The molecule has 29 heavy (non-hydrogen) atoms. The van der Waals surface area contributed by atoms with Crippen LogP contribution >= 0.6 is 0 Å². The van der Waals surface area contributed by atoms with Crippen molar-refractivity contribution in [1.29, 1.82) is 0 Å². The highest BCUT2D eigenvalue weighted by atomic mass is 16.6. The molecule has 0 aliphatic carbocycles. The lowest BCUT2D eigenvalue weighted by molar-refractivity contribution is -0.150. The molecule has 0 bridgehead atoms. The summed E-state index contributed by atoms with van der Waals surface area (Å²) in [5, 5.41) is 2.67. The molecule has 1 amide bonds. The van der Waals surface area contributed by atoms with Crippen LogP contribution in [0, 0.1) is 6.92 Å². The molecule has 0 heterocycles. The van der Waals surface area contributed by atoms with E-state index in [1.165, 1.54) is 21.3 Å². The van der Waals surface area contributed by atoms with Crippen LogP contribution in [0.2, 0.25) is 0 Å². The molecule has 0 saturated carbocycles. The van der Waals surface area contributed by atoms with Crippen molar-refractivity contribution < 1.29 is 33.3 Å². The van der Waals surface area contributed by atoms with E-state index >= 15 is 0 Å². The van der Waals surface area contributed by atoms with Gasteiger partial charge in [-0.1, -0.05) is 18.2 Å². The summed E-state index contributed by atoms with van der Waals surface area (Å²) in [4.78, 5) is 23.7. The number of ether oxygens (including phenoxy) is 5. The van der Waals surface area contributed by atoms with Crippen LogP contribution in [-0.4, -0.2) is 46.4 Å². The van der Waals surface area contributed by atoms with Crippen molar-refractivity contribution >= 4 is 11.9 Å². The third kappa shape index (κ3) is 6.31. The average molecular weight is 403 g/mol. The molecule has 2 rings (SSSR count). The average Bonchev–Trinajstić information content (AvgIpc) is 2.74. The fraction of sp³-hybridized carbons (Fsp3) is 0.333. The van der Waals surface area contributed by atoms with Gasteiger partial charge in [0.15, 0.2) is 24.7 Å². The number of carbonyl (C=O) groups excluding carboxylic acids is 2. The van der Waals surface area contributed by atoms with Gasteiger partial charge in [-0.2, -0.15) is 0 Å². The van der Waals surface area contributed by atoms with Gasteiger partial charge in [0.05, 0.1) is 21.3 Å². The van der Waals surface area contributed by atoms with Gasteiger partial charge in [0, 0.05) is 6.54 Å². The Kier molecular flexibility index (Phi) is 8.14. The lowest BCUT2D eigenvalue weighted by atomic mass is 10.1. The smallest absolute Gasteiger partial charge is 0.344 e. The van der Waals surface area contributed by atoms with Gasteiger partial charge < -0.3 is 29.0 Å². The molecule has 0 fully saturated rings. The maximum atomic E-state index is 12.0. The third-order valence-electron chi connectivity index (χ3n) is 4.02. The van der Waals surface area contributed by atoms with Gasteiger partial charge in [-0.25, -0.2) is 4.79 Å². The van der Waals surface area contributed by atoms with E-state index in [0.29, 0.717) is 23.0 Å². The Hall–Kier alpha value is -3.42. The zero-order chi connectivity index (χ0) is 21.2. The van der Waals surface area contributed by atoms with Crippen molar-refractivity contribution in [3.8, 4) is 23.0 Å². The van der Waals surface area contributed by atoms with E-state index in [-0.39, 0.29) is 13.2 Å². The quantitative estimate of drug-likeness (QED) is 0.608. The number of amides is 1. The largest absolute Gasteiger partial charge is 0.493 e. The summed E-state index contributed by atoms with van der Waals surface area (Å²) in [7, 11) is 4.54. The normalized spacial score (nSPS) is 10.1. The van der Waals surface area contributed by atoms with E-state index in [1.807, 2.05) is 25.1 Å². The predicted molar refractivity (Wildman–Crippen MR) is 106 cm³/mol. The Morgan fingerprint density at radius 1 is 0.897 bits per heavy atom. The standard InChI is InChI=1S/C21H25NO7/c1-14-7-5-6-8-16(14)28-13-20(24)29-12-19(23)22-11-15-9-17(25-2)21(27-4)18(10-15)26-3/h5-10H,11-13H2,1-4H3,(H,22,23). The van der Waals surface area contributed by atoms with Crippen molar-refractivity contribution in [2.75, 3.05) is 34.5 Å². The molecule has 8 nitrogen and oxygen atoms in total. The number of aryl methyl sites for hydroxylation is 1. The van der Waals surface area contributed by atoms with Gasteiger partial charge in [-0.15, -0.1) is 0 Å². The summed E-state index contributed by atoms with van der Waals surface area (Å²) in [5.41, 5.74) is 1.64. The van der Waals surface area contributed by atoms with Crippen molar-refractivity contribution in [2.45, 2.75) is 13.5 Å². The molecule has 0 unspecified atom stereocenters. The molecule has 0 saturated heterocycles. The van der Waals surface area contributed by atoms with Crippen molar-refractivity contribution in [3.63, 3.8) is 0 Å². The molecule has 0 atom stereocenters. The first-order valence-electron chi connectivity index (χ1n) is 8.88. The van der Waals surface area contributed by atoms with Crippen LogP contribution in [0.15, 0.2) is 36.4 Å². The summed E-state index contributed by atoms with van der Waals surface area (Å²) in [6, 6.07) is 10.8. The van der Waals surface area contributed by atoms with Gasteiger partial charge in [0.2, 0.25) is 5.75 Å². The minimum absolute atomic E-state index is 0.201. The zero-order valence-electron chi connectivity index (χ0n) is 16.9.